The minimum atomic E-state index is -4.10. The third-order valence-corrected chi connectivity index (χ3v) is 9.25. The van der Waals surface area contributed by atoms with E-state index in [9.17, 15) is 18.0 Å². The van der Waals surface area contributed by atoms with Crippen molar-refractivity contribution in [3.8, 4) is 0 Å². The van der Waals surface area contributed by atoms with Gasteiger partial charge in [0.2, 0.25) is 11.8 Å². The summed E-state index contributed by atoms with van der Waals surface area (Å²) in [4.78, 5) is 29.5. The smallest absolute Gasteiger partial charge is 0.264 e. The van der Waals surface area contributed by atoms with Gasteiger partial charge in [0.25, 0.3) is 10.0 Å². The average Bonchev–Trinajstić information content (AvgIpc) is 3.02. The molecule has 0 aliphatic rings. The van der Waals surface area contributed by atoms with E-state index in [0.717, 1.165) is 25.4 Å². The van der Waals surface area contributed by atoms with Crippen molar-refractivity contribution in [3.05, 3.63) is 130 Å². The van der Waals surface area contributed by atoms with Crippen molar-refractivity contribution in [2.75, 3.05) is 17.4 Å². The summed E-state index contributed by atoms with van der Waals surface area (Å²) in [6.45, 7) is 2.10. The molecule has 4 aromatic carbocycles. The Hall–Kier alpha value is -3.70. The van der Waals surface area contributed by atoms with Crippen molar-refractivity contribution >= 4 is 50.1 Å². The molecule has 4 rings (SSSR count). The Bertz CT molecular complexity index is 1550. The number of amides is 2. The predicted molar refractivity (Wildman–Crippen MR) is 174 cm³/mol. The summed E-state index contributed by atoms with van der Waals surface area (Å²) >= 11 is 2.15. The van der Waals surface area contributed by atoms with Gasteiger partial charge < -0.3 is 10.2 Å². The van der Waals surface area contributed by atoms with E-state index in [0.29, 0.717) is 12.2 Å². The highest BCUT2D eigenvalue weighted by atomic mass is 127. The van der Waals surface area contributed by atoms with Crippen LogP contribution in [0.5, 0.6) is 0 Å². The minimum Gasteiger partial charge on any atom is -0.354 e. The second-order valence-electron chi connectivity index (χ2n) is 9.80. The monoisotopic (exact) mass is 695 g/mol. The maximum absolute atomic E-state index is 14.3. The lowest BCUT2D eigenvalue weighted by molar-refractivity contribution is -0.140. The molecule has 7 nitrogen and oxygen atoms in total. The molecule has 0 heterocycles. The van der Waals surface area contributed by atoms with E-state index in [1.807, 2.05) is 67.6 Å². The van der Waals surface area contributed by atoms with Gasteiger partial charge in [-0.25, -0.2) is 8.42 Å². The molecule has 0 unspecified atom stereocenters. The molecule has 0 bridgehead atoms. The number of rotatable bonds is 13. The summed E-state index contributed by atoms with van der Waals surface area (Å²) in [6, 6.07) is 33.1. The second kappa shape index (κ2) is 15.0. The lowest BCUT2D eigenvalue weighted by Crippen LogP contribution is -2.53. The Morgan fingerprint density at radius 3 is 1.90 bits per heavy atom. The first-order valence-electron chi connectivity index (χ1n) is 13.8. The molecule has 0 aliphatic heterocycles. The lowest BCUT2D eigenvalue weighted by atomic mass is 10.0. The van der Waals surface area contributed by atoms with Crippen molar-refractivity contribution in [1.29, 1.82) is 0 Å². The maximum Gasteiger partial charge on any atom is 0.264 e. The molecule has 0 aliphatic carbocycles. The Labute approximate surface area is 261 Å². The average molecular weight is 696 g/mol. The van der Waals surface area contributed by atoms with Gasteiger partial charge in [0.1, 0.15) is 12.6 Å². The predicted octanol–water partition coefficient (Wildman–Crippen LogP) is 5.65. The Kier molecular flexibility index (Phi) is 11.1. The first-order chi connectivity index (χ1) is 20.3. The molecule has 0 aromatic heterocycles. The number of halogens is 1. The van der Waals surface area contributed by atoms with Crippen LogP contribution < -0.4 is 9.62 Å². The highest BCUT2D eigenvalue weighted by Crippen LogP contribution is 2.26. The minimum absolute atomic E-state index is 0.0764. The van der Waals surface area contributed by atoms with E-state index in [-0.39, 0.29) is 23.8 Å². The van der Waals surface area contributed by atoms with E-state index in [4.69, 9.17) is 0 Å². The van der Waals surface area contributed by atoms with Crippen LogP contribution >= 0.6 is 22.6 Å². The second-order valence-corrected chi connectivity index (χ2v) is 12.9. The number of benzene rings is 4. The van der Waals surface area contributed by atoms with Gasteiger partial charge in [0.15, 0.2) is 0 Å². The van der Waals surface area contributed by atoms with Crippen LogP contribution in [0.1, 0.15) is 24.5 Å². The molecular formula is C33H34IN3O4S. The molecule has 0 saturated heterocycles. The number of hydrogen-bond acceptors (Lipinski definition) is 4. The standard InChI is InChI=1S/C33H34IN3O4S/c1-2-22-35-33(39)31(23-26-12-6-3-7-13-26)36(24-27-14-8-4-9-15-27)32(38)25-37(29-20-18-28(34)19-21-29)42(40,41)30-16-10-5-11-17-30/h3-21,31H,2,22-25H2,1H3,(H,35,39)/t31-/m1/s1. The molecule has 4 aromatic rings. The van der Waals surface area contributed by atoms with Gasteiger partial charge in [0.05, 0.1) is 10.6 Å². The van der Waals surface area contributed by atoms with Gasteiger partial charge in [-0.2, -0.15) is 0 Å². The number of carbonyl (C=O) groups excluding carboxylic acids is 2. The van der Waals surface area contributed by atoms with E-state index >= 15 is 0 Å². The third kappa shape index (κ3) is 8.19. The van der Waals surface area contributed by atoms with Gasteiger partial charge in [-0.05, 0) is 76.5 Å². The van der Waals surface area contributed by atoms with Crippen LogP contribution in [0.4, 0.5) is 5.69 Å². The van der Waals surface area contributed by atoms with Crippen LogP contribution in [-0.4, -0.2) is 44.3 Å². The zero-order valence-corrected chi connectivity index (χ0v) is 26.4. The number of anilines is 1. The Morgan fingerprint density at radius 1 is 0.786 bits per heavy atom. The van der Waals surface area contributed by atoms with Crippen LogP contribution in [0, 0.1) is 3.57 Å². The summed E-state index contributed by atoms with van der Waals surface area (Å²) in [7, 11) is -4.10. The zero-order valence-electron chi connectivity index (χ0n) is 23.4. The van der Waals surface area contributed by atoms with Crippen molar-refractivity contribution in [1.82, 2.24) is 10.2 Å². The molecule has 2 amide bonds. The number of nitrogens with one attached hydrogen (secondary N) is 1. The van der Waals surface area contributed by atoms with Crippen molar-refractivity contribution in [3.63, 3.8) is 0 Å². The Morgan fingerprint density at radius 2 is 1.33 bits per heavy atom. The number of sulfonamides is 1. The van der Waals surface area contributed by atoms with Crippen LogP contribution in [0.15, 0.2) is 120 Å². The molecule has 1 N–H and O–H groups in total. The zero-order chi connectivity index (χ0) is 30.0. The van der Waals surface area contributed by atoms with Crippen LogP contribution in [0.2, 0.25) is 0 Å². The van der Waals surface area contributed by atoms with E-state index in [1.54, 1.807) is 42.5 Å². The SMILES string of the molecule is CCCNC(=O)[C@@H](Cc1ccccc1)N(Cc1ccccc1)C(=O)CN(c1ccc(I)cc1)S(=O)(=O)c1ccccc1. The molecule has 0 spiro atoms. The third-order valence-electron chi connectivity index (χ3n) is 6.74. The van der Waals surface area contributed by atoms with Gasteiger partial charge in [-0.15, -0.1) is 0 Å². The van der Waals surface area contributed by atoms with E-state index < -0.39 is 28.5 Å². The van der Waals surface area contributed by atoms with E-state index in [2.05, 4.69) is 27.9 Å². The van der Waals surface area contributed by atoms with Gasteiger partial charge in [-0.1, -0.05) is 85.8 Å². The summed E-state index contributed by atoms with van der Waals surface area (Å²) < 4.78 is 29.9. The molecule has 0 saturated carbocycles. The quantitative estimate of drug-likeness (QED) is 0.183. The van der Waals surface area contributed by atoms with Gasteiger partial charge >= 0.3 is 0 Å². The summed E-state index contributed by atoms with van der Waals surface area (Å²) in [5.41, 5.74) is 2.09. The summed E-state index contributed by atoms with van der Waals surface area (Å²) in [5.74, 6) is -0.763. The van der Waals surface area contributed by atoms with Crippen LogP contribution in [0.3, 0.4) is 0 Å². The van der Waals surface area contributed by atoms with E-state index in [1.165, 1.54) is 17.0 Å². The molecule has 0 fully saturated rings. The molecule has 218 valence electrons. The fraction of sp³-hybridized carbons (Fsp3) is 0.212. The van der Waals surface area contributed by atoms with Crippen LogP contribution in [0.25, 0.3) is 0 Å². The highest BCUT2D eigenvalue weighted by Gasteiger charge is 2.34. The first kappa shape index (κ1) is 31.2. The van der Waals surface area contributed by atoms with Crippen LogP contribution in [-0.2, 0) is 32.6 Å². The van der Waals surface area contributed by atoms with Gasteiger partial charge in [-0.3, -0.25) is 13.9 Å². The Balaban J connectivity index is 1.77. The number of nitrogens with zero attached hydrogens (tertiary/aromatic N) is 2. The first-order valence-corrected chi connectivity index (χ1v) is 16.3. The lowest BCUT2D eigenvalue weighted by Gasteiger charge is -2.34. The molecular weight excluding hydrogens is 661 g/mol. The highest BCUT2D eigenvalue weighted by molar-refractivity contribution is 14.1. The molecule has 0 radical (unpaired) electrons. The molecule has 42 heavy (non-hydrogen) atoms. The number of hydrogen-bond donors (Lipinski definition) is 1. The fourth-order valence-electron chi connectivity index (χ4n) is 4.56. The topological polar surface area (TPSA) is 86.8 Å². The number of carbonyl (C=O) groups is 2. The fourth-order valence-corrected chi connectivity index (χ4v) is 6.35. The normalized spacial score (nSPS) is 11.9. The summed E-state index contributed by atoms with van der Waals surface area (Å²) in [5, 5.41) is 2.96. The largest absolute Gasteiger partial charge is 0.354 e. The van der Waals surface area contributed by atoms with Crippen molar-refractivity contribution in [2.24, 2.45) is 0 Å². The van der Waals surface area contributed by atoms with Crippen molar-refractivity contribution in [2.45, 2.75) is 37.2 Å². The van der Waals surface area contributed by atoms with Gasteiger partial charge in [0, 0.05) is 23.1 Å². The van der Waals surface area contributed by atoms with Crippen molar-refractivity contribution < 1.29 is 18.0 Å². The molecule has 1 atom stereocenters. The molecule has 9 heteroatoms. The maximum atomic E-state index is 14.3. The summed E-state index contributed by atoms with van der Waals surface area (Å²) in [6.07, 6.45) is 1.02.